The van der Waals surface area contributed by atoms with Crippen LogP contribution in [0.4, 0.5) is 19.3 Å². The molecule has 0 heterocycles. The van der Waals surface area contributed by atoms with E-state index in [1.165, 1.54) is 0 Å². The highest BCUT2D eigenvalue weighted by Gasteiger charge is 2.06. The van der Waals surface area contributed by atoms with Gasteiger partial charge < -0.3 is 15.7 Å². The van der Waals surface area contributed by atoms with Crippen molar-refractivity contribution in [1.29, 1.82) is 0 Å². The van der Waals surface area contributed by atoms with Gasteiger partial charge in [-0.3, -0.25) is 0 Å². The Morgan fingerprint density at radius 3 is 2.29 bits per heavy atom. The van der Waals surface area contributed by atoms with Gasteiger partial charge in [0.05, 0.1) is 6.61 Å². The topological polar surface area (TPSA) is 61.4 Å². The van der Waals surface area contributed by atoms with Crippen molar-refractivity contribution in [2.75, 3.05) is 5.32 Å². The van der Waals surface area contributed by atoms with Crippen molar-refractivity contribution in [3.05, 3.63) is 65.2 Å². The van der Waals surface area contributed by atoms with Crippen LogP contribution in [0.3, 0.4) is 0 Å². The fraction of sp³-hybridized carbons (Fsp3) is 0.133. The number of carbonyl (C=O) groups excluding carboxylic acids is 1. The van der Waals surface area contributed by atoms with Crippen molar-refractivity contribution in [3.63, 3.8) is 0 Å². The van der Waals surface area contributed by atoms with Crippen molar-refractivity contribution in [1.82, 2.24) is 5.32 Å². The molecule has 0 bridgehead atoms. The summed E-state index contributed by atoms with van der Waals surface area (Å²) in [5.74, 6) is -1.54. The number of halogens is 2. The average Bonchev–Trinajstić information content (AvgIpc) is 2.44. The van der Waals surface area contributed by atoms with E-state index in [0.717, 1.165) is 23.8 Å². The standard InChI is InChI=1S/C15H14F2N2O2/c16-12-5-13(17)7-14(6-12)19-15(21)18-8-10-3-1-2-4-11(10)9-20/h1-7,20H,8-9H2,(H2,18,19,21). The van der Waals surface area contributed by atoms with Crippen LogP contribution in [0.5, 0.6) is 0 Å². The van der Waals surface area contributed by atoms with Crippen molar-refractivity contribution >= 4 is 11.7 Å². The van der Waals surface area contributed by atoms with E-state index in [2.05, 4.69) is 10.6 Å². The zero-order valence-electron chi connectivity index (χ0n) is 11.1. The van der Waals surface area contributed by atoms with Crippen LogP contribution in [0.25, 0.3) is 0 Å². The van der Waals surface area contributed by atoms with Crippen LogP contribution in [-0.4, -0.2) is 11.1 Å². The minimum absolute atomic E-state index is 0.0282. The SMILES string of the molecule is O=C(NCc1ccccc1CO)Nc1cc(F)cc(F)c1. The van der Waals surface area contributed by atoms with Gasteiger partial charge >= 0.3 is 6.03 Å². The number of urea groups is 1. The second-order valence-electron chi connectivity index (χ2n) is 4.39. The fourth-order valence-electron chi connectivity index (χ4n) is 1.86. The van der Waals surface area contributed by atoms with Crippen LogP contribution < -0.4 is 10.6 Å². The number of amides is 2. The highest BCUT2D eigenvalue weighted by Crippen LogP contribution is 2.13. The number of benzene rings is 2. The summed E-state index contributed by atoms with van der Waals surface area (Å²) < 4.78 is 26.0. The van der Waals surface area contributed by atoms with Gasteiger partial charge in [0.25, 0.3) is 0 Å². The molecule has 0 radical (unpaired) electrons. The zero-order chi connectivity index (χ0) is 15.2. The molecule has 21 heavy (non-hydrogen) atoms. The fourth-order valence-corrected chi connectivity index (χ4v) is 1.86. The van der Waals surface area contributed by atoms with Gasteiger partial charge in [-0.25, -0.2) is 13.6 Å². The van der Waals surface area contributed by atoms with E-state index < -0.39 is 17.7 Å². The first-order valence-electron chi connectivity index (χ1n) is 6.27. The van der Waals surface area contributed by atoms with Crippen LogP contribution in [-0.2, 0) is 13.2 Å². The van der Waals surface area contributed by atoms with Crippen LogP contribution in [0, 0.1) is 11.6 Å². The number of rotatable bonds is 4. The maximum absolute atomic E-state index is 13.0. The number of hydrogen-bond donors (Lipinski definition) is 3. The maximum atomic E-state index is 13.0. The minimum atomic E-state index is -0.768. The van der Waals surface area contributed by atoms with Gasteiger partial charge in [-0.1, -0.05) is 24.3 Å². The number of nitrogens with one attached hydrogen (secondary N) is 2. The number of anilines is 1. The molecule has 0 saturated heterocycles. The van der Waals surface area contributed by atoms with E-state index >= 15 is 0 Å². The Kier molecular flexibility index (Phi) is 4.84. The predicted molar refractivity (Wildman–Crippen MR) is 74.6 cm³/mol. The third-order valence-corrected chi connectivity index (χ3v) is 2.85. The Bertz CT molecular complexity index is 627. The molecule has 4 nitrogen and oxygen atoms in total. The Hall–Kier alpha value is -2.47. The van der Waals surface area contributed by atoms with E-state index in [0.29, 0.717) is 5.56 Å². The predicted octanol–water partition coefficient (Wildman–Crippen LogP) is 2.78. The zero-order valence-corrected chi connectivity index (χ0v) is 11.1. The van der Waals surface area contributed by atoms with E-state index in [-0.39, 0.29) is 18.8 Å². The molecule has 0 aliphatic rings. The quantitative estimate of drug-likeness (QED) is 0.811. The summed E-state index contributed by atoms with van der Waals surface area (Å²) in [5, 5.41) is 14.1. The number of carbonyl (C=O) groups is 1. The van der Waals surface area contributed by atoms with Gasteiger partial charge in [0.2, 0.25) is 0 Å². The van der Waals surface area contributed by atoms with Gasteiger partial charge in [-0.05, 0) is 23.3 Å². The first kappa shape index (κ1) is 14.9. The smallest absolute Gasteiger partial charge is 0.319 e. The number of hydrogen-bond acceptors (Lipinski definition) is 2. The van der Waals surface area contributed by atoms with E-state index in [9.17, 15) is 13.6 Å². The summed E-state index contributed by atoms with van der Waals surface area (Å²) in [6, 6.07) is 9.26. The lowest BCUT2D eigenvalue weighted by Crippen LogP contribution is -2.28. The summed E-state index contributed by atoms with van der Waals surface area (Å²) in [6.07, 6.45) is 0. The molecular formula is C15H14F2N2O2. The lowest BCUT2D eigenvalue weighted by Gasteiger charge is -2.10. The molecule has 2 rings (SSSR count). The summed E-state index contributed by atoms with van der Waals surface area (Å²) in [4.78, 5) is 11.7. The summed E-state index contributed by atoms with van der Waals surface area (Å²) >= 11 is 0. The molecular weight excluding hydrogens is 278 g/mol. The Morgan fingerprint density at radius 2 is 1.67 bits per heavy atom. The Balaban J connectivity index is 1.96. The summed E-state index contributed by atoms with van der Waals surface area (Å²) in [7, 11) is 0. The molecule has 0 aromatic heterocycles. The molecule has 3 N–H and O–H groups in total. The molecule has 0 spiro atoms. The van der Waals surface area contributed by atoms with E-state index in [1.54, 1.807) is 24.3 Å². The molecule has 0 aliphatic heterocycles. The van der Waals surface area contributed by atoms with Gasteiger partial charge in [0, 0.05) is 18.3 Å². The molecule has 2 amide bonds. The highest BCUT2D eigenvalue weighted by atomic mass is 19.1. The lowest BCUT2D eigenvalue weighted by atomic mass is 10.1. The molecule has 0 aliphatic carbocycles. The van der Waals surface area contributed by atoms with Gasteiger partial charge in [0.1, 0.15) is 11.6 Å². The lowest BCUT2D eigenvalue weighted by molar-refractivity contribution is 0.251. The third-order valence-electron chi connectivity index (χ3n) is 2.85. The molecule has 0 fully saturated rings. The molecule has 0 unspecified atom stereocenters. The van der Waals surface area contributed by atoms with Crippen LogP contribution in [0.1, 0.15) is 11.1 Å². The third kappa shape index (κ3) is 4.25. The van der Waals surface area contributed by atoms with Crippen LogP contribution >= 0.6 is 0 Å². The number of aliphatic hydroxyl groups excluding tert-OH is 1. The molecule has 0 atom stereocenters. The Labute approximate surface area is 120 Å². The normalized spacial score (nSPS) is 10.2. The maximum Gasteiger partial charge on any atom is 0.319 e. The van der Waals surface area contributed by atoms with Crippen molar-refractivity contribution in [2.45, 2.75) is 13.2 Å². The van der Waals surface area contributed by atoms with Gasteiger partial charge in [-0.15, -0.1) is 0 Å². The molecule has 2 aromatic rings. The van der Waals surface area contributed by atoms with Crippen molar-refractivity contribution < 1.29 is 18.7 Å². The van der Waals surface area contributed by atoms with Crippen molar-refractivity contribution in [2.24, 2.45) is 0 Å². The second-order valence-corrected chi connectivity index (χ2v) is 4.39. The van der Waals surface area contributed by atoms with Crippen LogP contribution in [0.15, 0.2) is 42.5 Å². The number of aliphatic hydroxyl groups is 1. The van der Waals surface area contributed by atoms with Crippen LogP contribution in [0.2, 0.25) is 0 Å². The molecule has 2 aromatic carbocycles. The average molecular weight is 292 g/mol. The summed E-state index contributed by atoms with van der Waals surface area (Å²) in [5.41, 5.74) is 1.50. The second kappa shape index (κ2) is 6.81. The molecule has 6 heteroatoms. The van der Waals surface area contributed by atoms with E-state index in [1.807, 2.05) is 0 Å². The largest absolute Gasteiger partial charge is 0.392 e. The molecule has 0 saturated carbocycles. The summed E-state index contributed by atoms with van der Waals surface area (Å²) in [6.45, 7) is 0.0644. The monoisotopic (exact) mass is 292 g/mol. The first-order valence-corrected chi connectivity index (χ1v) is 6.27. The Morgan fingerprint density at radius 1 is 1.05 bits per heavy atom. The first-order chi connectivity index (χ1) is 10.1. The van der Waals surface area contributed by atoms with Gasteiger partial charge in [0.15, 0.2) is 0 Å². The minimum Gasteiger partial charge on any atom is -0.392 e. The van der Waals surface area contributed by atoms with Crippen molar-refractivity contribution in [3.8, 4) is 0 Å². The van der Waals surface area contributed by atoms with E-state index in [4.69, 9.17) is 5.11 Å². The molecule has 110 valence electrons. The van der Waals surface area contributed by atoms with Gasteiger partial charge in [-0.2, -0.15) is 0 Å². The highest BCUT2D eigenvalue weighted by molar-refractivity contribution is 5.89.